The molecule has 2 rings (SSSR count). The summed E-state index contributed by atoms with van der Waals surface area (Å²) in [6.45, 7) is 1.87. The van der Waals surface area contributed by atoms with Crippen LogP contribution in [0.15, 0.2) is 36.7 Å². The zero-order valence-electron chi connectivity index (χ0n) is 9.34. The van der Waals surface area contributed by atoms with Gasteiger partial charge >= 0.3 is 0 Å². The third kappa shape index (κ3) is 2.63. The largest absolute Gasteiger partial charge is 0.508 e. The lowest BCUT2D eigenvalue weighted by atomic mass is 10.1. The minimum atomic E-state index is -0.227. The van der Waals surface area contributed by atoms with Crippen molar-refractivity contribution in [1.29, 1.82) is 0 Å². The number of amides is 1. The molecule has 0 spiro atoms. The van der Waals surface area contributed by atoms with E-state index in [9.17, 15) is 9.90 Å². The number of rotatable bonds is 3. The summed E-state index contributed by atoms with van der Waals surface area (Å²) in [5.41, 5.74) is 1.33. The van der Waals surface area contributed by atoms with Crippen molar-refractivity contribution < 1.29 is 9.90 Å². The number of carbonyl (C=O) groups excluding carboxylic acids is 1. The van der Waals surface area contributed by atoms with Gasteiger partial charge in [-0.05, 0) is 25.1 Å². The quantitative estimate of drug-likeness (QED) is 0.750. The predicted molar refractivity (Wildman–Crippen MR) is 62.6 cm³/mol. The van der Waals surface area contributed by atoms with Crippen molar-refractivity contribution in [3.05, 3.63) is 47.8 Å². The first-order valence-corrected chi connectivity index (χ1v) is 5.25. The van der Waals surface area contributed by atoms with E-state index >= 15 is 0 Å². The van der Waals surface area contributed by atoms with Crippen molar-refractivity contribution in [3.8, 4) is 5.75 Å². The summed E-state index contributed by atoms with van der Waals surface area (Å²) in [5, 5.41) is 18.6. The molecule has 88 valence electrons. The Balaban J connectivity index is 2.07. The molecule has 0 radical (unpaired) electrons. The van der Waals surface area contributed by atoms with Gasteiger partial charge in [-0.2, -0.15) is 5.10 Å². The van der Waals surface area contributed by atoms with E-state index < -0.39 is 0 Å². The molecule has 1 heterocycles. The summed E-state index contributed by atoms with van der Waals surface area (Å²) in [4.78, 5) is 11.8. The molecule has 1 amide bonds. The van der Waals surface area contributed by atoms with E-state index in [2.05, 4.69) is 15.5 Å². The van der Waals surface area contributed by atoms with Crippen LogP contribution in [0, 0.1) is 0 Å². The number of hydrogen-bond acceptors (Lipinski definition) is 3. The monoisotopic (exact) mass is 231 g/mol. The number of benzene rings is 1. The smallest absolute Gasteiger partial charge is 0.251 e. The van der Waals surface area contributed by atoms with Gasteiger partial charge in [0.2, 0.25) is 0 Å². The third-order valence-corrected chi connectivity index (χ3v) is 2.48. The van der Waals surface area contributed by atoms with Gasteiger partial charge in [0.1, 0.15) is 5.75 Å². The van der Waals surface area contributed by atoms with Crippen molar-refractivity contribution >= 4 is 5.91 Å². The van der Waals surface area contributed by atoms with Gasteiger partial charge in [-0.1, -0.05) is 6.07 Å². The van der Waals surface area contributed by atoms with Crippen LogP contribution in [0.4, 0.5) is 0 Å². The summed E-state index contributed by atoms with van der Waals surface area (Å²) in [6.07, 6.45) is 3.39. The molecule has 3 N–H and O–H groups in total. The number of nitrogens with zero attached hydrogens (tertiary/aromatic N) is 1. The fourth-order valence-corrected chi connectivity index (χ4v) is 1.51. The molecule has 5 heteroatoms. The highest BCUT2D eigenvalue weighted by atomic mass is 16.3. The van der Waals surface area contributed by atoms with Crippen molar-refractivity contribution in [3.63, 3.8) is 0 Å². The van der Waals surface area contributed by atoms with Crippen LogP contribution in [0.1, 0.15) is 28.9 Å². The first kappa shape index (κ1) is 11.2. The highest BCUT2D eigenvalue weighted by Crippen LogP contribution is 2.13. The molecule has 1 aromatic carbocycles. The van der Waals surface area contributed by atoms with Crippen LogP contribution in [0.5, 0.6) is 5.75 Å². The van der Waals surface area contributed by atoms with Gasteiger partial charge in [-0.15, -0.1) is 0 Å². The molecule has 5 nitrogen and oxygen atoms in total. The maximum absolute atomic E-state index is 11.8. The van der Waals surface area contributed by atoms with Gasteiger partial charge in [0.05, 0.1) is 12.2 Å². The van der Waals surface area contributed by atoms with Crippen molar-refractivity contribution in [2.45, 2.75) is 13.0 Å². The average molecular weight is 231 g/mol. The highest BCUT2D eigenvalue weighted by Gasteiger charge is 2.12. The maximum atomic E-state index is 11.8. The third-order valence-electron chi connectivity index (χ3n) is 2.48. The second-order valence-electron chi connectivity index (χ2n) is 3.78. The Hall–Kier alpha value is -2.30. The number of nitrogens with one attached hydrogen (secondary N) is 2. The molecular weight excluding hydrogens is 218 g/mol. The lowest BCUT2D eigenvalue weighted by Crippen LogP contribution is -2.26. The summed E-state index contributed by atoms with van der Waals surface area (Å²) in [6, 6.07) is 6.10. The lowest BCUT2D eigenvalue weighted by molar-refractivity contribution is 0.0939. The van der Waals surface area contributed by atoms with E-state index in [4.69, 9.17) is 0 Å². The molecule has 0 bridgehead atoms. The molecule has 0 saturated carbocycles. The van der Waals surface area contributed by atoms with Crippen LogP contribution < -0.4 is 5.32 Å². The molecular formula is C12H13N3O2. The minimum Gasteiger partial charge on any atom is -0.508 e. The van der Waals surface area contributed by atoms with Gasteiger partial charge in [0.15, 0.2) is 0 Å². The number of phenols is 1. The Bertz CT molecular complexity index is 508. The number of hydrogen-bond donors (Lipinski definition) is 3. The van der Waals surface area contributed by atoms with Gasteiger partial charge in [-0.25, -0.2) is 0 Å². The Labute approximate surface area is 98.5 Å². The number of aromatic hydroxyl groups is 1. The summed E-state index contributed by atoms with van der Waals surface area (Å²) in [5.74, 6) is -0.150. The Morgan fingerprint density at radius 1 is 1.53 bits per heavy atom. The van der Waals surface area contributed by atoms with Crippen molar-refractivity contribution in [2.75, 3.05) is 0 Å². The normalized spacial score (nSPS) is 12.1. The average Bonchev–Trinajstić information content (AvgIpc) is 2.82. The molecule has 0 aliphatic heterocycles. The van der Waals surface area contributed by atoms with E-state index in [0.717, 1.165) is 5.56 Å². The van der Waals surface area contributed by atoms with Crippen LogP contribution in [0.25, 0.3) is 0 Å². The molecule has 2 aromatic rings. The van der Waals surface area contributed by atoms with Crippen LogP contribution in [0.3, 0.4) is 0 Å². The second kappa shape index (κ2) is 4.69. The zero-order valence-corrected chi connectivity index (χ0v) is 9.34. The molecule has 0 aliphatic carbocycles. The van der Waals surface area contributed by atoms with Crippen LogP contribution >= 0.6 is 0 Å². The minimum absolute atomic E-state index is 0.0774. The molecule has 0 fully saturated rings. The van der Waals surface area contributed by atoms with Crippen molar-refractivity contribution in [1.82, 2.24) is 15.5 Å². The van der Waals surface area contributed by atoms with E-state index in [0.29, 0.717) is 5.56 Å². The van der Waals surface area contributed by atoms with Gasteiger partial charge in [0.25, 0.3) is 5.91 Å². The number of phenolic OH excluding ortho intramolecular Hbond substituents is 1. The predicted octanol–water partition coefficient (Wildman–Crippen LogP) is 1.61. The number of aromatic nitrogens is 2. The molecule has 17 heavy (non-hydrogen) atoms. The zero-order chi connectivity index (χ0) is 12.3. The summed E-state index contributed by atoms with van der Waals surface area (Å²) >= 11 is 0. The molecule has 0 aliphatic rings. The maximum Gasteiger partial charge on any atom is 0.251 e. The Morgan fingerprint density at radius 3 is 3.00 bits per heavy atom. The fraction of sp³-hybridized carbons (Fsp3) is 0.167. The number of H-pyrrole nitrogens is 1. The van der Waals surface area contributed by atoms with E-state index in [1.165, 1.54) is 12.1 Å². The molecule has 0 saturated heterocycles. The summed E-state index contributed by atoms with van der Waals surface area (Å²) < 4.78 is 0. The van der Waals surface area contributed by atoms with Crippen LogP contribution in [-0.2, 0) is 0 Å². The summed E-state index contributed by atoms with van der Waals surface area (Å²) in [7, 11) is 0. The van der Waals surface area contributed by atoms with Crippen molar-refractivity contribution in [2.24, 2.45) is 0 Å². The fourth-order valence-electron chi connectivity index (χ4n) is 1.51. The molecule has 1 aromatic heterocycles. The standard InChI is InChI=1S/C12H13N3O2/c1-8(10-6-13-14-7-10)15-12(17)9-3-2-4-11(16)5-9/h2-8,16H,1H3,(H,13,14)(H,15,17). The number of carbonyl (C=O) groups is 1. The second-order valence-corrected chi connectivity index (χ2v) is 3.78. The molecule has 1 atom stereocenters. The first-order chi connectivity index (χ1) is 8.16. The Morgan fingerprint density at radius 2 is 2.35 bits per heavy atom. The molecule has 1 unspecified atom stereocenters. The van der Waals surface area contributed by atoms with Crippen LogP contribution in [0.2, 0.25) is 0 Å². The van der Waals surface area contributed by atoms with Crippen LogP contribution in [-0.4, -0.2) is 21.2 Å². The van der Waals surface area contributed by atoms with Gasteiger partial charge in [-0.3, -0.25) is 9.89 Å². The van der Waals surface area contributed by atoms with E-state index in [1.807, 2.05) is 6.92 Å². The van der Waals surface area contributed by atoms with E-state index in [1.54, 1.807) is 24.5 Å². The highest BCUT2D eigenvalue weighted by molar-refractivity contribution is 5.94. The van der Waals surface area contributed by atoms with Gasteiger partial charge in [0, 0.05) is 17.3 Å². The first-order valence-electron chi connectivity index (χ1n) is 5.25. The topological polar surface area (TPSA) is 78.0 Å². The van der Waals surface area contributed by atoms with Gasteiger partial charge < -0.3 is 10.4 Å². The van der Waals surface area contributed by atoms with E-state index in [-0.39, 0.29) is 17.7 Å². The Kier molecular flexibility index (Phi) is 3.09. The number of aromatic amines is 1. The SMILES string of the molecule is CC(NC(=O)c1cccc(O)c1)c1cn[nH]c1. The lowest BCUT2D eigenvalue weighted by Gasteiger charge is -2.11.